The lowest BCUT2D eigenvalue weighted by molar-refractivity contribution is 0.0865. The fraction of sp³-hybridized carbons (Fsp3) is 0.500. The number of hydrogen-bond acceptors (Lipinski definition) is 4. The van der Waals surface area contributed by atoms with Crippen LogP contribution in [0.4, 0.5) is 0 Å². The van der Waals surface area contributed by atoms with Crippen LogP contribution in [-0.2, 0) is 0 Å². The molecule has 17 heavy (non-hydrogen) atoms. The maximum Gasteiger partial charge on any atom is 0.335 e. The molecule has 1 saturated carbocycles. The van der Waals surface area contributed by atoms with Gasteiger partial charge >= 0.3 is 5.63 Å². The lowest BCUT2D eigenvalue weighted by Gasteiger charge is -2.26. The molecule has 0 aromatic carbocycles. The molecule has 1 aromatic heterocycles. The van der Waals surface area contributed by atoms with Crippen molar-refractivity contribution in [1.29, 1.82) is 0 Å². The first-order valence-corrected chi connectivity index (χ1v) is 5.73. The Bertz CT molecular complexity index is 426. The third kappa shape index (κ3) is 3.17. The van der Waals surface area contributed by atoms with E-state index in [0.717, 1.165) is 31.9 Å². The van der Waals surface area contributed by atoms with Gasteiger partial charge in [-0.3, -0.25) is 4.79 Å². The van der Waals surface area contributed by atoms with Gasteiger partial charge in [0.1, 0.15) is 6.26 Å². The van der Waals surface area contributed by atoms with Gasteiger partial charge in [0.05, 0.1) is 11.7 Å². The minimum Gasteiger partial charge on any atom is -0.430 e. The summed E-state index contributed by atoms with van der Waals surface area (Å²) in [6.07, 6.45) is 3.92. The first-order chi connectivity index (χ1) is 8.15. The van der Waals surface area contributed by atoms with Crippen molar-refractivity contribution < 1.29 is 14.3 Å². The molecule has 1 amide bonds. The fourth-order valence-corrected chi connectivity index (χ4v) is 1.98. The summed E-state index contributed by atoms with van der Waals surface area (Å²) in [5.74, 6) is -0.241. The zero-order valence-electron chi connectivity index (χ0n) is 9.39. The molecule has 1 aromatic rings. The van der Waals surface area contributed by atoms with E-state index in [4.69, 9.17) is 0 Å². The number of hydrogen-bond donors (Lipinski definition) is 2. The summed E-state index contributed by atoms with van der Waals surface area (Å²) in [4.78, 5) is 22.5. The quantitative estimate of drug-likeness (QED) is 0.792. The highest BCUT2D eigenvalue weighted by Gasteiger charge is 2.21. The molecule has 92 valence electrons. The molecule has 1 fully saturated rings. The predicted octanol–water partition coefficient (Wildman–Crippen LogP) is 0.673. The zero-order valence-corrected chi connectivity index (χ0v) is 9.39. The predicted molar refractivity (Wildman–Crippen MR) is 60.7 cm³/mol. The molecule has 0 bridgehead atoms. The largest absolute Gasteiger partial charge is 0.430 e. The summed E-state index contributed by atoms with van der Waals surface area (Å²) in [6, 6.07) is 2.76. The van der Waals surface area contributed by atoms with Gasteiger partial charge in [-0.15, -0.1) is 0 Å². The van der Waals surface area contributed by atoms with Gasteiger partial charge in [0.15, 0.2) is 0 Å². The van der Waals surface area contributed by atoms with E-state index in [1.54, 1.807) is 0 Å². The number of carbonyl (C=O) groups is 1. The zero-order chi connectivity index (χ0) is 12.3. The average Bonchev–Trinajstić information content (AvgIpc) is 2.33. The van der Waals surface area contributed by atoms with E-state index in [0.29, 0.717) is 5.56 Å². The van der Waals surface area contributed by atoms with Crippen molar-refractivity contribution in [3.05, 3.63) is 34.4 Å². The normalized spacial score (nSPS) is 24.3. The molecule has 0 aliphatic heterocycles. The Labute approximate surface area is 98.5 Å². The van der Waals surface area contributed by atoms with Crippen LogP contribution in [0.15, 0.2) is 27.6 Å². The molecule has 0 saturated heterocycles. The second kappa shape index (κ2) is 5.14. The van der Waals surface area contributed by atoms with Gasteiger partial charge in [-0.1, -0.05) is 0 Å². The van der Waals surface area contributed by atoms with Crippen molar-refractivity contribution >= 4 is 5.91 Å². The first-order valence-electron chi connectivity index (χ1n) is 5.73. The summed E-state index contributed by atoms with van der Waals surface area (Å²) >= 11 is 0. The Morgan fingerprint density at radius 2 is 2.00 bits per heavy atom. The number of aliphatic hydroxyl groups excluding tert-OH is 1. The van der Waals surface area contributed by atoms with Crippen LogP contribution in [0.1, 0.15) is 36.0 Å². The number of aliphatic hydroxyl groups is 1. The van der Waals surface area contributed by atoms with E-state index in [1.807, 2.05) is 0 Å². The highest BCUT2D eigenvalue weighted by molar-refractivity contribution is 5.93. The van der Waals surface area contributed by atoms with Gasteiger partial charge in [0.25, 0.3) is 5.91 Å². The molecule has 0 radical (unpaired) electrons. The van der Waals surface area contributed by atoms with Crippen LogP contribution in [0.3, 0.4) is 0 Å². The second-order valence-corrected chi connectivity index (χ2v) is 4.32. The molecule has 0 unspecified atom stereocenters. The highest BCUT2D eigenvalue weighted by atomic mass is 16.4. The third-order valence-electron chi connectivity index (χ3n) is 3.00. The van der Waals surface area contributed by atoms with E-state index < -0.39 is 5.63 Å². The van der Waals surface area contributed by atoms with Gasteiger partial charge in [0, 0.05) is 12.1 Å². The van der Waals surface area contributed by atoms with Crippen molar-refractivity contribution in [2.24, 2.45) is 0 Å². The molecule has 5 nitrogen and oxygen atoms in total. The van der Waals surface area contributed by atoms with Crippen molar-refractivity contribution in [3.63, 3.8) is 0 Å². The topological polar surface area (TPSA) is 79.5 Å². The monoisotopic (exact) mass is 237 g/mol. The molecular formula is C12H15NO4. The van der Waals surface area contributed by atoms with Gasteiger partial charge in [0.2, 0.25) is 0 Å². The maximum absolute atomic E-state index is 11.8. The Balaban J connectivity index is 1.93. The molecule has 5 heteroatoms. The fourth-order valence-electron chi connectivity index (χ4n) is 1.98. The Morgan fingerprint density at radius 1 is 1.29 bits per heavy atom. The standard InChI is InChI=1S/C12H15NO4/c14-10-4-2-9(3-5-10)13-12(16)8-1-6-11(15)17-7-8/h1,6-7,9-10,14H,2-5H2,(H,13,16). The maximum atomic E-state index is 11.8. The summed E-state index contributed by atoms with van der Waals surface area (Å²) in [5.41, 5.74) is -0.127. The second-order valence-electron chi connectivity index (χ2n) is 4.32. The molecule has 0 spiro atoms. The van der Waals surface area contributed by atoms with Crippen LogP contribution in [0.2, 0.25) is 0 Å². The molecule has 1 aliphatic carbocycles. The minimum atomic E-state index is -0.470. The molecule has 0 atom stereocenters. The van der Waals surface area contributed by atoms with Gasteiger partial charge in [-0.25, -0.2) is 4.79 Å². The Morgan fingerprint density at radius 3 is 2.59 bits per heavy atom. The van der Waals surface area contributed by atoms with Crippen LogP contribution >= 0.6 is 0 Å². The number of amides is 1. The number of nitrogens with one attached hydrogen (secondary N) is 1. The van der Waals surface area contributed by atoms with E-state index >= 15 is 0 Å². The molecule has 2 rings (SSSR count). The first kappa shape index (κ1) is 11.9. The van der Waals surface area contributed by atoms with Gasteiger partial charge in [-0.05, 0) is 31.7 Å². The van der Waals surface area contributed by atoms with Crippen molar-refractivity contribution in [3.8, 4) is 0 Å². The lowest BCUT2D eigenvalue weighted by atomic mass is 9.93. The summed E-state index contributed by atoms with van der Waals surface area (Å²) in [5, 5.41) is 12.2. The van der Waals surface area contributed by atoms with E-state index in [1.165, 1.54) is 12.1 Å². The van der Waals surface area contributed by atoms with E-state index in [9.17, 15) is 14.7 Å². The summed E-state index contributed by atoms with van der Waals surface area (Å²) in [7, 11) is 0. The van der Waals surface area contributed by atoms with Crippen LogP contribution in [-0.4, -0.2) is 23.2 Å². The average molecular weight is 237 g/mol. The van der Waals surface area contributed by atoms with Crippen LogP contribution in [0, 0.1) is 0 Å². The SMILES string of the molecule is O=C(NC1CCC(O)CC1)c1ccc(=O)oc1. The summed E-state index contributed by atoms with van der Waals surface area (Å²) < 4.78 is 4.63. The van der Waals surface area contributed by atoms with Crippen LogP contribution in [0.5, 0.6) is 0 Å². The van der Waals surface area contributed by atoms with Crippen molar-refractivity contribution in [2.45, 2.75) is 37.8 Å². The smallest absolute Gasteiger partial charge is 0.335 e. The molecule has 1 heterocycles. The van der Waals surface area contributed by atoms with E-state index in [-0.39, 0.29) is 18.1 Å². The van der Waals surface area contributed by atoms with Gasteiger partial charge in [-0.2, -0.15) is 0 Å². The van der Waals surface area contributed by atoms with Crippen LogP contribution < -0.4 is 10.9 Å². The van der Waals surface area contributed by atoms with Crippen LogP contribution in [0.25, 0.3) is 0 Å². The molecule has 2 N–H and O–H groups in total. The van der Waals surface area contributed by atoms with Gasteiger partial charge < -0.3 is 14.8 Å². The van der Waals surface area contributed by atoms with Crippen molar-refractivity contribution in [2.75, 3.05) is 0 Å². The van der Waals surface area contributed by atoms with E-state index in [2.05, 4.69) is 9.73 Å². The Kier molecular flexibility index (Phi) is 3.58. The molecular weight excluding hydrogens is 222 g/mol. The third-order valence-corrected chi connectivity index (χ3v) is 3.00. The molecule has 1 aliphatic rings. The Hall–Kier alpha value is -1.62. The lowest BCUT2D eigenvalue weighted by Crippen LogP contribution is -2.38. The summed E-state index contributed by atoms with van der Waals surface area (Å²) in [6.45, 7) is 0. The van der Waals surface area contributed by atoms with Crippen molar-refractivity contribution in [1.82, 2.24) is 5.32 Å². The number of rotatable bonds is 2. The minimum absolute atomic E-state index is 0.0952. The highest BCUT2D eigenvalue weighted by Crippen LogP contribution is 2.18. The number of carbonyl (C=O) groups excluding carboxylic acids is 1.